The van der Waals surface area contributed by atoms with Crippen molar-refractivity contribution in [2.24, 2.45) is 0 Å². The van der Waals surface area contributed by atoms with Gasteiger partial charge in [-0.05, 0) is 41.4 Å². The van der Waals surface area contributed by atoms with Crippen molar-refractivity contribution in [1.29, 1.82) is 0 Å². The van der Waals surface area contributed by atoms with Crippen LogP contribution < -0.4 is 10.2 Å². The Kier molecular flexibility index (Phi) is 4.64. The highest BCUT2D eigenvalue weighted by Gasteiger charge is 2.23. The third kappa shape index (κ3) is 3.39. The Balaban J connectivity index is 2.19. The molecule has 0 radical (unpaired) electrons. The summed E-state index contributed by atoms with van der Waals surface area (Å²) in [6, 6.07) is 3.66. The van der Waals surface area contributed by atoms with Gasteiger partial charge in [-0.25, -0.2) is 0 Å². The van der Waals surface area contributed by atoms with E-state index in [9.17, 15) is 10.1 Å². The molecule has 1 unspecified atom stereocenters. The number of rotatable bonds is 6. The summed E-state index contributed by atoms with van der Waals surface area (Å²) < 4.78 is 0. The maximum Gasteiger partial charge on any atom is 0.387 e. The summed E-state index contributed by atoms with van der Waals surface area (Å²) in [5, 5.41) is 23.5. The van der Waals surface area contributed by atoms with Crippen LogP contribution in [-0.2, 0) is 0 Å². The molecule has 0 saturated carbocycles. The van der Waals surface area contributed by atoms with Crippen molar-refractivity contribution in [3.63, 3.8) is 0 Å². The lowest BCUT2D eigenvalue weighted by Crippen LogP contribution is -2.39. The van der Waals surface area contributed by atoms with Gasteiger partial charge in [-0.2, -0.15) is 0 Å². The van der Waals surface area contributed by atoms with E-state index in [2.05, 4.69) is 10.3 Å². The van der Waals surface area contributed by atoms with Crippen molar-refractivity contribution in [2.45, 2.75) is 18.9 Å². The maximum absolute atomic E-state index is 11.0. The number of nitro groups is 1. The van der Waals surface area contributed by atoms with Crippen LogP contribution in [0, 0.1) is 10.1 Å². The molecule has 7 nitrogen and oxygen atoms in total. The van der Waals surface area contributed by atoms with Crippen LogP contribution in [0.15, 0.2) is 18.3 Å². The van der Waals surface area contributed by atoms with Crippen LogP contribution in [0.4, 0.5) is 11.5 Å². The highest BCUT2D eigenvalue weighted by Crippen LogP contribution is 2.25. The fourth-order valence-electron chi connectivity index (χ4n) is 2.39. The average molecular weight is 266 g/mol. The van der Waals surface area contributed by atoms with Gasteiger partial charge in [-0.15, -0.1) is 0 Å². The predicted molar refractivity (Wildman–Crippen MR) is 71.2 cm³/mol. The van der Waals surface area contributed by atoms with E-state index in [4.69, 9.17) is 5.11 Å². The number of nitrogens with zero attached hydrogens (tertiary/aromatic N) is 3. The molecule has 2 heterocycles. The van der Waals surface area contributed by atoms with E-state index in [0.717, 1.165) is 19.4 Å². The van der Waals surface area contributed by atoms with E-state index in [-0.39, 0.29) is 12.4 Å². The third-order valence-corrected chi connectivity index (χ3v) is 3.25. The number of nitrogens with one attached hydrogen (secondary N) is 1. The Morgan fingerprint density at radius 2 is 2.47 bits per heavy atom. The second kappa shape index (κ2) is 6.44. The van der Waals surface area contributed by atoms with E-state index in [1.807, 2.05) is 4.90 Å². The monoisotopic (exact) mass is 266 g/mol. The molecule has 2 N–H and O–H groups in total. The largest absolute Gasteiger partial charge is 0.395 e. The molecule has 1 fully saturated rings. The van der Waals surface area contributed by atoms with Gasteiger partial charge in [0.05, 0.1) is 6.61 Å². The minimum absolute atomic E-state index is 0.0429. The van der Waals surface area contributed by atoms with Gasteiger partial charge in [0.15, 0.2) is 0 Å². The molecule has 1 aromatic rings. The van der Waals surface area contributed by atoms with E-state index in [1.165, 1.54) is 6.20 Å². The summed E-state index contributed by atoms with van der Waals surface area (Å²) in [7, 11) is 0. The standard InChI is InChI=1S/C12H18N4O3/c17-8-7-15(9-10-3-1-5-13-10)11-4-2-6-14-12(11)16(18)19/h2,4,6,10,13,17H,1,3,5,7-9H2. The number of hydrogen-bond acceptors (Lipinski definition) is 6. The van der Waals surface area contributed by atoms with E-state index < -0.39 is 4.92 Å². The maximum atomic E-state index is 11.0. The Hall–Kier alpha value is -1.73. The van der Waals surface area contributed by atoms with E-state index in [0.29, 0.717) is 24.8 Å². The summed E-state index contributed by atoms with van der Waals surface area (Å²) in [5.74, 6) is -0.158. The third-order valence-electron chi connectivity index (χ3n) is 3.25. The van der Waals surface area contributed by atoms with Crippen molar-refractivity contribution in [2.75, 3.05) is 31.1 Å². The Morgan fingerprint density at radius 1 is 1.63 bits per heavy atom. The van der Waals surface area contributed by atoms with E-state index >= 15 is 0 Å². The summed E-state index contributed by atoms with van der Waals surface area (Å²) in [6.45, 7) is 1.95. The first-order valence-corrected chi connectivity index (χ1v) is 6.41. The summed E-state index contributed by atoms with van der Waals surface area (Å²) in [4.78, 5) is 16.2. The topological polar surface area (TPSA) is 91.5 Å². The molecule has 104 valence electrons. The van der Waals surface area contributed by atoms with Gasteiger partial charge in [0.1, 0.15) is 11.9 Å². The zero-order valence-corrected chi connectivity index (χ0v) is 10.7. The van der Waals surface area contributed by atoms with Crippen LogP contribution in [0.5, 0.6) is 0 Å². The molecule has 7 heteroatoms. The van der Waals surface area contributed by atoms with Gasteiger partial charge in [-0.1, -0.05) is 0 Å². The zero-order chi connectivity index (χ0) is 13.7. The van der Waals surface area contributed by atoms with Crippen LogP contribution in [0.25, 0.3) is 0 Å². The molecule has 19 heavy (non-hydrogen) atoms. The molecule has 1 aromatic heterocycles. The van der Waals surface area contributed by atoms with Crippen LogP contribution >= 0.6 is 0 Å². The van der Waals surface area contributed by atoms with Crippen LogP contribution in [0.3, 0.4) is 0 Å². The number of hydrogen-bond donors (Lipinski definition) is 2. The first kappa shape index (κ1) is 13.7. The molecule has 0 amide bonds. The van der Waals surface area contributed by atoms with Crippen molar-refractivity contribution in [1.82, 2.24) is 10.3 Å². The molecule has 2 rings (SSSR count). The van der Waals surface area contributed by atoms with Gasteiger partial charge in [0, 0.05) is 19.1 Å². The summed E-state index contributed by atoms with van der Waals surface area (Å²) in [6.07, 6.45) is 3.58. The van der Waals surface area contributed by atoms with Crippen LogP contribution in [-0.4, -0.2) is 47.3 Å². The molecule has 1 aliphatic heterocycles. The number of aromatic nitrogens is 1. The first-order chi connectivity index (χ1) is 9.22. The predicted octanol–water partition coefficient (Wildman–Crippen LogP) is 0.540. The Bertz CT molecular complexity index is 435. The van der Waals surface area contributed by atoms with Crippen LogP contribution in [0.2, 0.25) is 0 Å². The number of aliphatic hydroxyl groups excluding tert-OH is 1. The molecule has 1 saturated heterocycles. The minimum Gasteiger partial charge on any atom is -0.395 e. The molecular formula is C12H18N4O3. The minimum atomic E-state index is -0.484. The lowest BCUT2D eigenvalue weighted by Gasteiger charge is -2.26. The SMILES string of the molecule is O=[N+]([O-])c1ncccc1N(CCO)CC1CCCN1. The summed E-state index contributed by atoms with van der Waals surface area (Å²) in [5.41, 5.74) is 0.468. The highest BCUT2D eigenvalue weighted by atomic mass is 16.6. The molecule has 0 aliphatic carbocycles. The van der Waals surface area contributed by atoms with E-state index in [1.54, 1.807) is 12.1 Å². The zero-order valence-electron chi connectivity index (χ0n) is 10.7. The number of anilines is 1. The van der Waals surface area contributed by atoms with Gasteiger partial charge in [-0.3, -0.25) is 0 Å². The van der Waals surface area contributed by atoms with Crippen LogP contribution in [0.1, 0.15) is 12.8 Å². The van der Waals surface area contributed by atoms with Crippen molar-refractivity contribution < 1.29 is 10.0 Å². The lowest BCUT2D eigenvalue weighted by molar-refractivity contribution is -0.388. The first-order valence-electron chi connectivity index (χ1n) is 6.41. The summed E-state index contributed by atoms with van der Waals surface area (Å²) >= 11 is 0. The smallest absolute Gasteiger partial charge is 0.387 e. The van der Waals surface area contributed by atoms with Gasteiger partial charge >= 0.3 is 5.82 Å². The van der Waals surface area contributed by atoms with Gasteiger partial charge in [0.25, 0.3) is 0 Å². The normalized spacial score (nSPS) is 18.5. The van der Waals surface area contributed by atoms with Crippen molar-refractivity contribution >= 4 is 11.5 Å². The molecule has 1 atom stereocenters. The number of pyridine rings is 1. The van der Waals surface area contributed by atoms with Crippen molar-refractivity contribution in [3.8, 4) is 0 Å². The molecule has 0 aromatic carbocycles. The van der Waals surface area contributed by atoms with Gasteiger partial charge < -0.3 is 25.4 Å². The molecule has 1 aliphatic rings. The quantitative estimate of drug-likeness (QED) is 0.577. The lowest BCUT2D eigenvalue weighted by atomic mass is 10.2. The molecule has 0 bridgehead atoms. The average Bonchev–Trinajstić information content (AvgIpc) is 2.91. The second-order valence-electron chi connectivity index (χ2n) is 4.57. The Labute approximate surface area is 111 Å². The molecular weight excluding hydrogens is 248 g/mol. The van der Waals surface area contributed by atoms with Gasteiger partial charge in [0.2, 0.25) is 0 Å². The second-order valence-corrected chi connectivity index (χ2v) is 4.57. The highest BCUT2D eigenvalue weighted by molar-refractivity contribution is 5.59. The van der Waals surface area contributed by atoms with Crippen molar-refractivity contribution in [3.05, 3.63) is 28.4 Å². The Morgan fingerprint density at radius 3 is 3.11 bits per heavy atom. The fraction of sp³-hybridized carbons (Fsp3) is 0.583. The number of aliphatic hydroxyl groups is 1. The molecule has 0 spiro atoms. The fourth-order valence-corrected chi connectivity index (χ4v) is 2.39.